The zero-order valence-electron chi connectivity index (χ0n) is 24.1. The maximum absolute atomic E-state index is 4.17. The van der Waals surface area contributed by atoms with Crippen LogP contribution in [0.15, 0.2) is 176 Å². The highest BCUT2D eigenvalue weighted by Crippen LogP contribution is 2.44. The molecule has 2 aromatic heterocycles. The van der Waals surface area contributed by atoms with Crippen molar-refractivity contribution in [3.8, 4) is 27.9 Å². The summed E-state index contributed by atoms with van der Waals surface area (Å²) >= 11 is 0. The number of pyridine rings is 1. The lowest BCUT2D eigenvalue weighted by Gasteiger charge is -2.26. The number of aromatic nitrogens is 2. The average Bonchev–Trinajstić information content (AvgIpc) is 3.45. The van der Waals surface area contributed by atoms with Crippen molar-refractivity contribution < 1.29 is 0 Å². The molecule has 0 saturated heterocycles. The van der Waals surface area contributed by atoms with Gasteiger partial charge < -0.3 is 9.47 Å². The zero-order valence-corrected chi connectivity index (χ0v) is 24.1. The third-order valence-corrected chi connectivity index (χ3v) is 8.30. The van der Waals surface area contributed by atoms with Gasteiger partial charge in [-0.15, -0.1) is 0 Å². The van der Waals surface area contributed by atoms with Gasteiger partial charge in [-0.2, -0.15) is 0 Å². The van der Waals surface area contributed by atoms with Crippen LogP contribution in [0.4, 0.5) is 17.1 Å². The van der Waals surface area contributed by atoms with Crippen LogP contribution < -0.4 is 4.90 Å². The Labute approximate surface area is 256 Å². The molecular weight excluding hydrogens is 534 g/mol. The summed E-state index contributed by atoms with van der Waals surface area (Å²) in [6.45, 7) is 0. The molecule has 0 saturated carbocycles. The fraction of sp³-hybridized carbons (Fsp3) is 0. The molecule has 8 rings (SSSR count). The van der Waals surface area contributed by atoms with Crippen LogP contribution in [0, 0.1) is 0 Å². The number of anilines is 3. The summed E-state index contributed by atoms with van der Waals surface area (Å²) < 4.78 is 2.38. The van der Waals surface area contributed by atoms with Crippen LogP contribution in [0.25, 0.3) is 49.7 Å². The Bertz CT molecular complexity index is 2180. The van der Waals surface area contributed by atoms with Crippen molar-refractivity contribution in [2.24, 2.45) is 0 Å². The summed E-state index contributed by atoms with van der Waals surface area (Å²) in [7, 11) is 0. The van der Waals surface area contributed by atoms with Crippen LogP contribution >= 0.6 is 0 Å². The van der Waals surface area contributed by atoms with Crippen molar-refractivity contribution in [2.45, 2.75) is 0 Å². The summed E-state index contributed by atoms with van der Waals surface area (Å²) in [6, 6.07) is 58.4. The molecule has 3 nitrogen and oxygen atoms in total. The summed E-state index contributed by atoms with van der Waals surface area (Å²) in [5.74, 6) is 0. The van der Waals surface area contributed by atoms with Gasteiger partial charge in [0.05, 0.1) is 16.7 Å². The van der Waals surface area contributed by atoms with E-state index in [2.05, 4.69) is 166 Å². The first-order chi connectivity index (χ1) is 21.8. The Hall–Kier alpha value is -5.93. The van der Waals surface area contributed by atoms with Crippen LogP contribution in [-0.2, 0) is 0 Å². The van der Waals surface area contributed by atoms with Crippen LogP contribution in [0.5, 0.6) is 0 Å². The highest BCUT2D eigenvalue weighted by Gasteiger charge is 2.20. The highest BCUT2D eigenvalue weighted by molar-refractivity contribution is 6.16. The third kappa shape index (κ3) is 4.52. The second-order valence-corrected chi connectivity index (χ2v) is 10.9. The van der Waals surface area contributed by atoms with Crippen LogP contribution in [-0.4, -0.2) is 9.55 Å². The first-order valence-electron chi connectivity index (χ1n) is 14.9. The molecule has 0 spiro atoms. The molecule has 0 bridgehead atoms. The van der Waals surface area contributed by atoms with E-state index in [-0.39, 0.29) is 0 Å². The monoisotopic (exact) mass is 563 g/mol. The average molecular weight is 564 g/mol. The fourth-order valence-corrected chi connectivity index (χ4v) is 6.25. The Morgan fingerprint density at radius 1 is 0.409 bits per heavy atom. The summed E-state index contributed by atoms with van der Waals surface area (Å²) in [6.07, 6.45) is 3.68. The number of nitrogens with zero attached hydrogens (tertiary/aromatic N) is 3. The molecule has 3 heteroatoms. The first kappa shape index (κ1) is 25.8. The molecule has 44 heavy (non-hydrogen) atoms. The molecule has 0 amide bonds. The van der Waals surface area contributed by atoms with Crippen molar-refractivity contribution in [2.75, 3.05) is 4.90 Å². The van der Waals surface area contributed by atoms with Crippen molar-refractivity contribution in [3.63, 3.8) is 0 Å². The Kier molecular flexibility index (Phi) is 6.47. The van der Waals surface area contributed by atoms with Crippen LogP contribution in [0.3, 0.4) is 0 Å². The third-order valence-electron chi connectivity index (χ3n) is 8.30. The second-order valence-electron chi connectivity index (χ2n) is 10.9. The van der Waals surface area contributed by atoms with E-state index in [1.54, 1.807) is 0 Å². The Morgan fingerprint density at radius 2 is 0.955 bits per heavy atom. The molecule has 0 fully saturated rings. The van der Waals surface area contributed by atoms with Gasteiger partial charge in [-0.1, -0.05) is 97.1 Å². The zero-order chi connectivity index (χ0) is 29.3. The van der Waals surface area contributed by atoms with Crippen LogP contribution in [0.2, 0.25) is 0 Å². The fourth-order valence-electron chi connectivity index (χ4n) is 6.25. The van der Waals surface area contributed by atoms with E-state index < -0.39 is 0 Å². The quantitative estimate of drug-likeness (QED) is 0.201. The minimum absolute atomic E-state index is 1.11. The van der Waals surface area contributed by atoms with Gasteiger partial charge in [0.25, 0.3) is 0 Å². The maximum atomic E-state index is 4.17. The largest absolute Gasteiger partial charge is 0.310 e. The number of rotatable bonds is 6. The molecular formula is C41H29N3. The predicted molar refractivity (Wildman–Crippen MR) is 184 cm³/mol. The minimum Gasteiger partial charge on any atom is -0.310 e. The maximum Gasteiger partial charge on any atom is 0.0562 e. The molecule has 0 aliphatic heterocycles. The normalized spacial score (nSPS) is 11.2. The molecule has 8 aromatic rings. The Balaban J connectivity index is 1.32. The number of fused-ring (bicyclic) bond motifs is 3. The first-order valence-corrected chi connectivity index (χ1v) is 14.9. The molecule has 2 heterocycles. The van der Waals surface area contributed by atoms with E-state index in [9.17, 15) is 0 Å². The number of hydrogen-bond donors (Lipinski definition) is 0. The van der Waals surface area contributed by atoms with E-state index in [4.69, 9.17) is 0 Å². The molecule has 0 aliphatic rings. The van der Waals surface area contributed by atoms with E-state index in [0.717, 1.165) is 28.3 Å². The van der Waals surface area contributed by atoms with Crippen molar-refractivity contribution in [3.05, 3.63) is 176 Å². The number of para-hydroxylation sites is 2. The lowest BCUT2D eigenvalue weighted by Crippen LogP contribution is -2.10. The molecule has 208 valence electrons. The van der Waals surface area contributed by atoms with Crippen LogP contribution in [0.1, 0.15) is 0 Å². The van der Waals surface area contributed by atoms with E-state index >= 15 is 0 Å². The van der Waals surface area contributed by atoms with E-state index in [0.29, 0.717) is 0 Å². The number of hydrogen-bond acceptors (Lipinski definition) is 2. The molecule has 0 radical (unpaired) electrons. The SMILES string of the molecule is c1ccc(-c2ccc(N(c3ccccc3)c3cccc4c3c3ccccc3n4-c3ccc(-c4ccncc4)cc3)cc2)cc1. The standard InChI is InChI=1S/C41H29N3/c1-3-10-30(11-4-1)31-18-22-35(23-19-31)43(34-12-5-2-6-13-34)39-16-9-17-40-41(39)37-14-7-8-15-38(37)44(40)36-24-20-32(21-25-36)33-26-28-42-29-27-33/h1-29H. The summed E-state index contributed by atoms with van der Waals surface area (Å²) in [5, 5.41) is 2.44. The predicted octanol–water partition coefficient (Wildman–Crippen LogP) is 11.0. The summed E-state index contributed by atoms with van der Waals surface area (Å²) in [5.41, 5.74) is 11.6. The Morgan fingerprint density at radius 3 is 1.68 bits per heavy atom. The van der Waals surface area contributed by atoms with Gasteiger partial charge in [0.15, 0.2) is 0 Å². The molecule has 0 N–H and O–H groups in total. The minimum atomic E-state index is 1.11. The van der Waals surface area contributed by atoms with Gasteiger partial charge in [-0.3, -0.25) is 4.98 Å². The summed E-state index contributed by atoms with van der Waals surface area (Å²) in [4.78, 5) is 6.55. The highest BCUT2D eigenvalue weighted by atomic mass is 15.1. The molecule has 0 aliphatic carbocycles. The van der Waals surface area contributed by atoms with Gasteiger partial charge in [0.1, 0.15) is 0 Å². The molecule has 6 aromatic carbocycles. The van der Waals surface area contributed by atoms with E-state index in [1.807, 2.05) is 24.5 Å². The lowest BCUT2D eigenvalue weighted by molar-refractivity contribution is 1.18. The van der Waals surface area contributed by atoms with Gasteiger partial charge in [-0.25, -0.2) is 0 Å². The van der Waals surface area contributed by atoms with Gasteiger partial charge in [0, 0.05) is 40.2 Å². The van der Waals surface area contributed by atoms with Gasteiger partial charge >= 0.3 is 0 Å². The molecule has 0 atom stereocenters. The van der Waals surface area contributed by atoms with Crippen molar-refractivity contribution >= 4 is 38.9 Å². The van der Waals surface area contributed by atoms with Gasteiger partial charge in [0.2, 0.25) is 0 Å². The number of benzene rings is 6. The smallest absolute Gasteiger partial charge is 0.0562 e. The second kappa shape index (κ2) is 11.0. The molecule has 0 unspecified atom stereocenters. The lowest BCUT2D eigenvalue weighted by atomic mass is 10.0. The van der Waals surface area contributed by atoms with Crippen molar-refractivity contribution in [1.29, 1.82) is 0 Å². The van der Waals surface area contributed by atoms with E-state index in [1.165, 1.54) is 38.5 Å². The van der Waals surface area contributed by atoms with Gasteiger partial charge in [-0.05, 0) is 89.0 Å². The van der Waals surface area contributed by atoms with Crippen molar-refractivity contribution in [1.82, 2.24) is 9.55 Å². The topological polar surface area (TPSA) is 21.1 Å².